The van der Waals surface area contributed by atoms with E-state index < -0.39 is 0 Å². The van der Waals surface area contributed by atoms with Crippen molar-refractivity contribution in [1.29, 1.82) is 0 Å². The van der Waals surface area contributed by atoms with Gasteiger partial charge in [0.25, 0.3) is 5.91 Å². The van der Waals surface area contributed by atoms with Gasteiger partial charge in [-0.25, -0.2) is 0 Å². The quantitative estimate of drug-likeness (QED) is 0.658. The van der Waals surface area contributed by atoms with Gasteiger partial charge in [0.05, 0.1) is 33.5 Å². The Hall–Kier alpha value is -2.81. The van der Waals surface area contributed by atoms with Crippen LogP contribution < -0.4 is 19.5 Å². The molecule has 1 N–H and O–H groups in total. The number of amides is 1. The second kappa shape index (κ2) is 14.2. The van der Waals surface area contributed by atoms with Crippen molar-refractivity contribution >= 4 is 5.91 Å². The van der Waals surface area contributed by atoms with Crippen molar-refractivity contribution in [2.75, 3.05) is 66.6 Å². The smallest absolute Gasteiger partial charge is 0.251 e. The number of hydrogen-bond donors (Lipinski definition) is 1. The molecule has 202 valence electrons. The third kappa shape index (κ3) is 8.09. The number of rotatable bonds is 5. The summed E-state index contributed by atoms with van der Waals surface area (Å²) < 4.78 is 23.7. The van der Waals surface area contributed by atoms with Crippen LogP contribution in [0.4, 0.5) is 0 Å². The molecule has 2 heterocycles. The second-order valence-electron chi connectivity index (χ2n) is 9.70. The molecule has 2 aliphatic rings. The number of ether oxygens (including phenoxy) is 4. The normalized spacial score (nSPS) is 23.6. The number of nitrogens with one attached hydrogen (secondary N) is 1. The molecule has 8 heteroatoms. The highest BCUT2D eigenvalue weighted by molar-refractivity contribution is 5.95. The largest absolute Gasteiger partial charge is 0.493 e. The molecular weight excluding hydrogens is 470 g/mol. The van der Waals surface area contributed by atoms with Crippen molar-refractivity contribution in [1.82, 2.24) is 15.1 Å². The first kappa shape index (κ1) is 27.2. The van der Waals surface area contributed by atoms with Crippen LogP contribution in [-0.2, 0) is 11.3 Å². The minimum Gasteiger partial charge on any atom is -0.493 e. The molecule has 2 aromatic carbocycles. The summed E-state index contributed by atoms with van der Waals surface area (Å²) in [6, 6.07) is 13.7. The molecule has 4 bridgehead atoms. The van der Waals surface area contributed by atoms with Gasteiger partial charge in [-0.2, -0.15) is 0 Å². The fourth-order valence-electron chi connectivity index (χ4n) is 4.97. The van der Waals surface area contributed by atoms with Gasteiger partial charge < -0.3 is 34.1 Å². The molecule has 8 nitrogen and oxygen atoms in total. The highest BCUT2D eigenvalue weighted by Gasteiger charge is 2.20. The zero-order chi connectivity index (χ0) is 25.9. The lowest BCUT2D eigenvalue weighted by Crippen LogP contribution is -2.34. The summed E-state index contributed by atoms with van der Waals surface area (Å²) >= 11 is 0. The average molecular weight is 512 g/mol. The van der Waals surface area contributed by atoms with E-state index >= 15 is 0 Å². The Balaban J connectivity index is 1.51. The van der Waals surface area contributed by atoms with Gasteiger partial charge in [0.1, 0.15) is 0 Å². The predicted octanol–water partition coefficient (Wildman–Crippen LogP) is 3.59. The Kier molecular flexibility index (Phi) is 10.5. The molecule has 2 unspecified atom stereocenters. The van der Waals surface area contributed by atoms with E-state index in [-0.39, 0.29) is 12.0 Å². The topological polar surface area (TPSA) is 72.5 Å². The minimum atomic E-state index is -0.141. The van der Waals surface area contributed by atoms with Crippen LogP contribution in [0.25, 0.3) is 0 Å². The van der Waals surface area contributed by atoms with Crippen LogP contribution in [0.1, 0.15) is 41.6 Å². The van der Waals surface area contributed by atoms with Crippen LogP contribution in [0.15, 0.2) is 42.5 Å². The molecule has 2 aliphatic heterocycles. The maximum Gasteiger partial charge on any atom is 0.251 e. The van der Waals surface area contributed by atoms with Crippen molar-refractivity contribution < 1.29 is 23.7 Å². The number of carbonyl (C=O) groups is 1. The molecular formula is C29H41N3O5. The van der Waals surface area contributed by atoms with Gasteiger partial charge >= 0.3 is 0 Å². The maximum absolute atomic E-state index is 12.9. The van der Waals surface area contributed by atoms with Gasteiger partial charge in [-0.3, -0.25) is 4.79 Å². The second-order valence-corrected chi connectivity index (χ2v) is 9.70. The number of nitrogens with zero attached hydrogens (tertiary/aromatic N) is 2. The Morgan fingerprint density at radius 3 is 2.43 bits per heavy atom. The summed E-state index contributed by atoms with van der Waals surface area (Å²) in [5.74, 6) is 1.32. The van der Waals surface area contributed by atoms with Crippen LogP contribution >= 0.6 is 0 Å². The van der Waals surface area contributed by atoms with E-state index in [0.717, 1.165) is 65.0 Å². The molecule has 4 rings (SSSR count). The maximum atomic E-state index is 12.9. The predicted molar refractivity (Wildman–Crippen MR) is 144 cm³/mol. The fraction of sp³-hybridized carbons (Fsp3) is 0.552. The number of fused-ring (bicyclic) bond motifs is 5. The van der Waals surface area contributed by atoms with Gasteiger partial charge in [0.2, 0.25) is 5.75 Å². The Labute approximate surface area is 220 Å². The number of benzene rings is 2. The van der Waals surface area contributed by atoms with Crippen molar-refractivity contribution in [3.05, 3.63) is 53.6 Å². The fourth-order valence-corrected chi connectivity index (χ4v) is 4.97. The first-order valence-electron chi connectivity index (χ1n) is 13.4. The van der Waals surface area contributed by atoms with Gasteiger partial charge in [-0.15, -0.1) is 0 Å². The molecule has 2 aromatic rings. The Bertz CT molecular complexity index is 987. The number of carbonyl (C=O) groups excluding carboxylic acids is 1. The SMILES string of the molecule is COc1cc2cc(c1OC)OCC[C@@H](OCc1ccccc1)CCN1CCCN(CCCNC2=O)CC1. The van der Waals surface area contributed by atoms with E-state index in [9.17, 15) is 4.79 Å². The van der Waals surface area contributed by atoms with E-state index in [1.165, 1.54) is 5.56 Å². The summed E-state index contributed by atoms with van der Waals surface area (Å²) in [5, 5.41) is 3.05. The van der Waals surface area contributed by atoms with Gasteiger partial charge in [-0.05, 0) is 56.6 Å². The van der Waals surface area contributed by atoms with Gasteiger partial charge in [-0.1, -0.05) is 30.3 Å². The third-order valence-electron chi connectivity index (χ3n) is 7.12. The highest BCUT2D eigenvalue weighted by Crippen LogP contribution is 2.38. The van der Waals surface area contributed by atoms with E-state index in [4.69, 9.17) is 18.9 Å². The van der Waals surface area contributed by atoms with E-state index in [1.807, 2.05) is 18.2 Å². The van der Waals surface area contributed by atoms with Gasteiger partial charge in [0.15, 0.2) is 11.5 Å². The lowest BCUT2D eigenvalue weighted by molar-refractivity contribution is 0.0149. The molecule has 0 saturated carbocycles. The lowest BCUT2D eigenvalue weighted by Gasteiger charge is -2.25. The van der Waals surface area contributed by atoms with Crippen LogP contribution in [0, 0.1) is 0 Å². The van der Waals surface area contributed by atoms with E-state index in [1.54, 1.807) is 26.4 Å². The summed E-state index contributed by atoms with van der Waals surface area (Å²) in [6.07, 6.45) is 3.81. The molecule has 37 heavy (non-hydrogen) atoms. The lowest BCUT2D eigenvalue weighted by atomic mass is 10.1. The van der Waals surface area contributed by atoms with Crippen LogP contribution in [0.2, 0.25) is 0 Å². The first-order chi connectivity index (χ1) is 18.2. The molecule has 3 atom stereocenters. The highest BCUT2D eigenvalue weighted by atomic mass is 16.5. The zero-order valence-corrected chi connectivity index (χ0v) is 22.2. The summed E-state index contributed by atoms with van der Waals surface area (Å²) in [4.78, 5) is 18.0. The molecule has 1 fully saturated rings. The Morgan fingerprint density at radius 1 is 0.919 bits per heavy atom. The standard InChI is InChI=1S/C29H41N3O5/c1-34-26-20-24-21-27(28(26)35-2)36-19-11-25(37-22-23-8-4-3-5-9-23)10-16-32-15-7-14-31(17-18-32)13-6-12-30-29(24)33/h3-5,8-9,20-21,25H,6-7,10-19,22H2,1-2H3,(H,30,33)/t25-/m0/s1. The summed E-state index contributed by atoms with van der Waals surface area (Å²) in [7, 11) is 3.15. The summed E-state index contributed by atoms with van der Waals surface area (Å²) in [5.41, 5.74) is 1.66. The number of hydrogen-bond acceptors (Lipinski definition) is 7. The monoisotopic (exact) mass is 511 g/mol. The van der Waals surface area contributed by atoms with Crippen LogP contribution in [-0.4, -0.2) is 88.5 Å². The van der Waals surface area contributed by atoms with Crippen LogP contribution in [0.5, 0.6) is 17.2 Å². The molecule has 1 amide bonds. The molecule has 0 aliphatic carbocycles. The van der Waals surface area contributed by atoms with E-state index in [2.05, 4.69) is 27.2 Å². The first-order valence-corrected chi connectivity index (χ1v) is 13.4. The average Bonchev–Trinajstić information content (AvgIpc) is 3.16. The molecule has 0 aromatic heterocycles. The summed E-state index contributed by atoms with van der Waals surface area (Å²) in [6.45, 7) is 7.98. The van der Waals surface area contributed by atoms with Crippen molar-refractivity contribution in [3.63, 3.8) is 0 Å². The van der Waals surface area contributed by atoms with E-state index in [0.29, 0.717) is 42.6 Å². The van der Waals surface area contributed by atoms with Crippen molar-refractivity contribution in [2.45, 2.75) is 38.4 Å². The molecule has 0 spiro atoms. The van der Waals surface area contributed by atoms with Crippen molar-refractivity contribution in [3.8, 4) is 17.2 Å². The number of methoxy groups -OCH3 is 2. The third-order valence-corrected chi connectivity index (χ3v) is 7.12. The van der Waals surface area contributed by atoms with Gasteiger partial charge in [0, 0.05) is 38.2 Å². The van der Waals surface area contributed by atoms with Crippen molar-refractivity contribution in [2.24, 2.45) is 0 Å². The molecule has 1 saturated heterocycles. The van der Waals surface area contributed by atoms with Crippen LogP contribution in [0.3, 0.4) is 0 Å². The Morgan fingerprint density at radius 2 is 1.68 bits per heavy atom. The minimum absolute atomic E-state index is 0.0535. The molecule has 0 radical (unpaired) electrons. The zero-order valence-electron chi connectivity index (χ0n) is 22.2.